The Labute approximate surface area is 90.0 Å². The molecule has 6 heteroatoms. The molecule has 1 aromatic carbocycles. The fraction of sp³-hybridized carbons (Fsp3) is 0.100. The van der Waals surface area contributed by atoms with E-state index in [1.54, 1.807) is 0 Å². The molecular formula is C10H8FNO4. The molecule has 0 bridgehead atoms. The molecule has 0 spiro atoms. The number of aliphatic carboxylic acids is 1. The second-order valence-corrected chi connectivity index (χ2v) is 3.07. The predicted octanol–water partition coefficient (Wildman–Crippen LogP) is 2.14. The van der Waals surface area contributed by atoms with Crippen molar-refractivity contribution in [3.8, 4) is 0 Å². The number of nitro groups is 1. The van der Waals surface area contributed by atoms with Gasteiger partial charge in [-0.15, -0.1) is 0 Å². The molecule has 0 aliphatic carbocycles. The van der Waals surface area contributed by atoms with Crippen molar-refractivity contribution < 1.29 is 19.2 Å². The Morgan fingerprint density at radius 2 is 2.19 bits per heavy atom. The van der Waals surface area contributed by atoms with Gasteiger partial charge in [0.05, 0.1) is 11.0 Å². The lowest BCUT2D eigenvalue weighted by Crippen LogP contribution is -1.96. The summed E-state index contributed by atoms with van der Waals surface area (Å²) in [5.74, 6) is -1.98. The molecule has 0 saturated carbocycles. The van der Waals surface area contributed by atoms with Gasteiger partial charge < -0.3 is 5.11 Å². The molecule has 0 aromatic heterocycles. The summed E-state index contributed by atoms with van der Waals surface area (Å²) in [5.41, 5.74) is 0.0306. The summed E-state index contributed by atoms with van der Waals surface area (Å²) in [5, 5.41) is 19.0. The average Bonchev–Trinajstić information content (AvgIpc) is 2.18. The molecule has 1 aromatic rings. The number of hydrogen-bond donors (Lipinski definition) is 1. The van der Waals surface area contributed by atoms with Gasteiger partial charge in [0, 0.05) is 11.6 Å². The third-order valence-electron chi connectivity index (χ3n) is 1.99. The molecule has 1 rings (SSSR count). The second-order valence-electron chi connectivity index (χ2n) is 3.07. The van der Waals surface area contributed by atoms with Crippen LogP contribution >= 0.6 is 0 Å². The Kier molecular flexibility index (Phi) is 3.34. The topological polar surface area (TPSA) is 80.4 Å². The second kappa shape index (κ2) is 4.52. The van der Waals surface area contributed by atoms with E-state index in [1.165, 1.54) is 6.92 Å². The van der Waals surface area contributed by atoms with E-state index >= 15 is 0 Å². The first kappa shape index (κ1) is 11.8. The first-order valence-electron chi connectivity index (χ1n) is 4.27. The van der Waals surface area contributed by atoms with Crippen molar-refractivity contribution >= 4 is 17.7 Å². The molecule has 0 unspecified atom stereocenters. The molecule has 1 N–H and O–H groups in total. The maximum absolute atomic E-state index is 13.0. The van der Waals surface area contributed by atoms with E-state index in [2.05, 4.69) is 0 Å². The lowest BCUT2D eigenvalue weighted by Gasteiger charge is -2.01. The minimum atomic E-state index is -1.20. The highest BCUT2D eigenvalue weighted by atomic mass is 19.1. The van der Waals surface area contributed by atoms with Gasteiger partial charge in [0.15, 0.2) is 0 Å². The number of benzene rings is 1. The first-order valence-corrected chi connectivity index (χ1v) is 4.27. The van der Waals surface area contributed by atoms with Crippen molar-refractivity contribution in [3.63, 3.8) is 0 Å². The number of carboxylic acid groups (broad SMARTS) is 1. The summed E-state index contributed by atoms with van der Waals surface area (Å²) >= 11 is 0. The van der Waals surface area contributed by atoms with Crippen LogP contribution in [0.25, 0.3) is 6.08 Å². The Morgan fingerprint density at radius 3 is 2.69 bits per heavy atom. The van der Waals surface area contributed by atoms with E-state index in [4.69, 9.17) is 5.11 Å². The molecule has 0 fully saturated rings. The zero-order valence-electron chi connectivity index (χ0n) is 8.31. The van der Waals surface area contributed by atoms with Crippen molar-refractivity contribution in [2.75, 3.05) is 0 Å². The monoisotopic (exact) mass is 225 g/mol. The van der Waals surface area contributed by atoms with E-state index in [-0.39, 0.29) is 16.8 Å². The van der Waals surface area contributed by atoms with E-state index in [0.29, 0.717) is 0 Å². The van der Waals surface area contributed by atoms with Crippen LogP contribution in [0.1, 0.15) is 11.1 Å². The highest BCUT2D eigenvalue weighted by Gasteiger charge is 2.14. The molecule has 5 nitrogen and oxygen atoms in total. The summed E-state index contributed by atoms with van der Waals surface area (Å²) in [6, 6.07) is 1.84. The summed E-state index contributed by atoms with van der Waals surface area (Å²) in [7, 11) is 0. The average molecular weight is 225 g/mol. The van der Waals surface area contributed by atoms with Crippen molar-refractivity contribution in [3.05, 3.63) is 45.3 Å². The molecule has 16 heavy (non-hydrogen) atoms. The van der Waals surface area contributed by atoms with E-state index in [9.17, 15) is 19.3 Å². The van der Waals surface area contributed by atoms with Crippen molar-refractivity contribution in [2.45, 2.75) is 6.92 Å². The number of halogens is 1. The smallest absolute Gasteiger partial charge is 0.328 e. The number of nitro benzene ring substituents is 1. The van der Waals surface area contributed by atoms with Gasteiger partial charge >= 0.3 is 5.97 Å². The van der Waals surface area contributed by atoms with Gasteiger partial charge in [-0.05, 0) is 24.6 Å². The molecule has 0 atom stereocenters. The van der Waals surface area contributed by atoms with Crippen LogP contribution in [0, 0.1) is 22.9 Å². The zero-order valence-corrected chi connectivity index (χ0v) is 8.31. The third kappa shape index (κ3) is 2.63. The van der Waals surface area contributed by atoms with E-state index in [1.807, 2.05) is 0 Å². The van der Waals surface area contributed by atoms with Gasteiger partial charge in [-0.3, -0.25) is 10.1 Å². The Hall–Kier alpha value is -2.24. The Bertz CT molecular complexity index is 482. The van der Waals surface area contributed by atoms with Gasteiger partial charge in [-0.2, -0.15) is 0 Å². The fourth-order valence-electron chi connectivity index (χ4n) is 1.21. The number of carboxylic acids is 1. The molecule has 0 radical (unpaired) electrons. The molecule has 84 valence electrons. The minimum absolute atomic E-state index is 0.175. The Morgan fingerprint density at radius 1 is 1.56 bits per heavy atom. The largest absolute Gasteiger partial charge is 0.478 e. The highest BCUT2D eigenvalue weighted by Crippen LogP contribution is 2.24. The van der Waals surface area contributed by atoms with Crippen LogP contribution in [0.3, 0.4) is 0 Å². The van der Waals surface area contributed by atoms with Crippen molar-refractivity contribution in [1.82, 2.24) is 0 Å². The quantitative estimate of drug-likeness (QED) is 0.485. The van der Waals surface area contributed by atoms with Crippen LogP contribution in [-0.4, -0.2) is 16.0 Å². The normalized spacial score (nSPS) is 10.6. The summed E-state index contributed by atoms with van der Waals surface area (Å²) in [4.78, 5) is 20.1. The molecule has 0 aliphatic heterocycles. The van der Waals surface area contributed by atoms with Crippen LogP contribution in [0.4, 0.5) is 10.1 Å². The van der Waals surface area contributed by atoms with Gasteiger partial charge in [0.25, 0.3) is 5.69 Å². The lowest BCUT2D eigenvalue weighted by atomic mass is 10.1. The molecule has 0 amide bonds. The standard InChI is InChI=1S/C10H8FNO4/c1-6-7(2-3-10(13)14)4-8(11)5-9(6)12(15)16/h2-5H,1H3,(H,13,14). The summed E-state index contributed by atoms with van der Waals surface area (Å²) < 4.78 is 13.0. The van der Waals surface area contributed by atoms with Crippen LogP contribution in [-0.2, 0) is 4.79 Å². The lowest BCUT2D eigenvalue weighted by molar-refractivity contribution is -0.385. The maximum atomic E-state index is 13.0. The van der Waals surface area contributed by atoms with Crippen LogP contribution in [0.2, 0.25) is 0 Å². The zero-order chi connectivity index (χ0) is 12.3. The maximum Gasteiger partial charge on any atom is 0.328 e. The number of rotatable bonds is 3. The first-order chi connectivity index (χ1) is 7.41. The summed E-state index contributed by atoms with van der Waals surface area (Å²) in [6.07, 6.45) is 1.92. The van der Waals surface area contributed by atoms with E-state index in [0.717, 1.165) is 24.3 Å². The molecule has 0 heterocycles. The number of nitrogens with zero attached hydrogens (tertiary/aromatic N) is 1. The number of hydrogen-bond acceptors (Lipinski definition) is 3. The molecule has 0 saturated heterocycles. The minimum Gasteiger partial charge on any atom is -0.478 e. The van der Waals surface area contributed by atoms with Gasteiger partial charge in [-0.1, -0.05) is 0 Å². The molecule has 0 aliphatic rings. The van der Waals surface area contributed by atoms with E-state index < -0.39 is 16.7 Å². The summed E-state index contributed by atoms with van der Waals surface area (Å²) in [6.45, 7) is 1.43. The van der Waals surface area contributed by atoms with Crippen molar-refractivity contribution in [1.29, 1.82) is 0 Å². The fourth-order valence-corrected chi connectivity index (χ4v) is 1.21. The van der Waals surface area contributed by atoms with Gasteiger partial charge in [0.1, 0.15) is 5.82 Å². The highest BCUT2D eigenvalue weighted by molar-refractivity contribution is 5.85. The van der Waals surface area contributed by atoms with Gasteiger partial charge in [-0.25, -0.2) is 9.18 Å². The van der Waals surface area contributed by atoms with Crippen LogP contribution < -0.4 is 0 Å². The number of carbonyl (C=O) groups is 1. The Balaban J connectivity index is 3.29. The van der Waals surface area contributed by atoms with Gasteiger partial charge in [0.2, 0.25) is 0 Å². The van der Waals surface area contributed by atoms with Crippen LogP contribution in [0.5, 0.6) is 0 Å². The third-order valence-corrected chi connectivity index (χ3v) is 1.99. The molecular weight excluding hydrogens is 217 g/mol. The SMILES string of the molecule is Cc1c(C=CC(=O)O)cc(F)cc1[N+](=O)[O-]. The van der Waals surface area contributed by atoms with Crippen molar-refractivity contribution in [2.24, 2.45) is 0 Å². The van der Waals surface area contributed by atoms with Crippen LogP contribution in [0.15, 0.2) is 18.2 Å². The predicted molar refractivity (Wildman–Crippen MR) is 54.5 cm³/mol.